The van der Waals surface area contributed by atoms with Gasteiger partial charge < -0.3 is 14.8 Å². The maximum atomic E-state index is 10.9. The van der Waals surface area contributed by atoms with Crippen LogP contribution in [0.1, 0.15) is 22.3 Å². The van der Waals surface area contributed by atoms with Crippen LogP contribution in [0.4, 0.5) is 11.4 Å². The SMILES string of the molecule is CN(CCC#N)c1ccc(/C=N\Nc2cc(C(=O)[O-])ccc2Cl)cc1. The highest BCUT2D eigenvalue weighted by Crippen LogP contribution is 2.22. The van der Waals surface area contributed by atoms with Crippen LogP contribution in [0.3, 0.4) is 0 Å². The van der Waals surface area contributed by atoms with E-state index in [1.165, 1.54) is 18.2 Å². The highest BCUT2D eigenvalue weighted by atomic mass is 35.5. The number of carbonyl (C=O) groups excluding carboxylic acids is 1. The van der Waals surface area contributed by atoms with E-state index in [-0.39, 0.29) is 5.56 Å². The number of rotatable bonds is 7. The average molecular weight is 356 g/mol. The number of aromatic carboxylic acids is 1. The third-order valence-electron chi connectivity index (χ3n) is 3.49. The van der Waals surface area contributed by atoms with Crippen molar-refractivity contribution >= 4 is 35.2 Å². The summed E-state index contributed by atoms with van der Waals surface area (Å²) in [6.45, 7) is 0.665. The standard InChI is InChI=1S/C18H17ClN4O2/c1-23(10-2-9-20)15-6-3-13(4-7-15)12-21-22-17-11-14(18(24)25)5-8-16(17)19/h3-8,11-12,22H,2,10H2,1H3,(H,24,25)/p-1/b21-12-. The number of carbonyl (C=O) groups is 1. The van der Waals surface area contributed by atoms with Crippen LogP contribution in [0.2, 0.25) is 5.02 Å². The fourth-order valence-corrected chi connectivity index (χ4v) is 2.24. The van der Waals surface area contributed by atoms with Crippen LogP contribution in [0.15, 0.2) is 47.6 Å². The Morgan fingerprint density at radius 3 is 2.72 bits per heavy atom. The molecule has 128 valence electrons. The molecule has 2 aromatic rings. The van der Waals surface area contributed by atoms with E-state index < -0.39 is 5.97 Å². The Balaban J connectivity index is 2.02. The number of hydrazone groups is 1. The quantitative estimate of drug-likeness (QED) is 0.608. The van der Waals surface area contributed by atoms with Crippen molar-refractivity contribution < 1.29 is 9.90 Å². The number of hydrogen-bond acceptors (Lipinski definition) is 6. The summed E-state index contributed by atoms with van der Waals surface area (Å²) in [5, 5.41) is 23.9. The molecule has 6 nitrogen and oxygen atoms in total. The van der Waals surface area contributed by atoms with Crippen LogP contribution in [0, 0.1) is 11.3 Å². The van der Waals surface area contributed by atoms with Gasteiger partial charge in [-0.2, -0.15) is 10.4 Å². The molecule has 25 heavy (non-hydrogen) atoms. The zero-order valence-electron chi connectivity index (χ0n) is 13.6. The summed E-state index contributed by atoms with van der Waals surface area (Å²) < 4.78 is 0. The molecular formula is C18H16ClN4O2-. The van der Waals surface area contributed by atoms with Gasteiger partial charge in [0, 0.05) is 19.3 Å². The van der Waals surface area contributed by atoms with Gasteiger partial charge in [0.05, 0.1) is 35.4 Å². The zero-order chi connectivity index (χ0) is 18.2. The second-order valence-electron chi connectivity index (χ2n) is 5.27. The maximum Gasteiger partial charge on any atom is 0.0754 e. The number of benzene rings is 2. The Morgan fingerprint density at radius 1 is 1.36 bits per heavy atom. The van der Waals surface area contributed by atoms with Crippen molar-refractivity contribution in [3.63, 3.8) is 0 Å². The number of carboxylic acids is 1. The van der Waals surface area contributed by atoms with E-state index >= 15 is 0 Å². The predicted octanol–water partition coefficient (Wildman–Crippen LogP) is 2.50. The molecule has 0 aliphatic heterocycles. The third-order valence-corrected chi connectivity index (χ3v) is 3.82. The molecule has 0 atom stereocenters. The van der Waals surface area contributed by atoms with Crippen molar-refractivity contribution in [3.05, 3.63) is 58.6 Å². The van der Waals surface area contributed by atoms with Crippen molar-refractivity contribution in [2.24, 2.45) is 5.10 Å². The first-order valence-corrected chi connectivity index (χ1v) is 7.87. The number of halogens is 1. The number of nitriles is 1. The molecule has 0 heterocycles. The van der Waals surface area contributed by atoms with Crippen molar-refractivity contribution in [1.82, 2.24) is 0 Å². The summed E-state index contributed by atoms with van der Waals surface area (Å²) in [4.78, 5) is 12.9. The van der Waals surface area contributed by atoms with E-state index in [0.29, 0.717) is 23.7 Å². The predicted molar refractivity (Wildman–Crippen MR) is 96.9 cm³/mol. The lowest BCUT2D eigenvalue weighted by atomic mass is 10.2. The molecule has 0 radical (unpaired) electrons. The number of nitrogens with one attached hydrogen (secondary N) is 1. The van der Waals surface area contributed by atoms with E-state index in [0.717, 1.165) is 11.3 Å². The molecule has 0 aliphatic carbocycles. The minimum Gasteiger partial charge on any atom is -0.545 e. The molecule has 0 saturated heterocycles. The fourth-order valence-electron chi connectivity index (χ4n) is 2.08. The molecule has 0 aliphatic rings. The van der Waals surface area contributed by atoms with E-state index in [1.807, 2.05) is 36.2 Å². The average Bonchev–Trinajstić information content (AvgIpc) is 2.61. The summed E-state index contributed by atoms with van der Waals surface area (Å²) in [6.07, 6.45) is 2.07. The number of nitrogens with zero attached hydrogens (tertiary/aromatic N) is 3. The molecule has 0 spiro atoms. The lowest BCUT2D eigenvalue weighted by Gasteiger charge is -2.17. The fraction of sp³-hybridized carbons (Fsp3) is 0.167. The third kappa shape index (κ3) is 5.23. The highest BCUT2D eigenvalue weighted by Gasteiger charge is 2.02. The van der Waals surface area contributed by atoms with Crippen LogP contribution in [0.5, 0.6) is 0 Å². The topological polar surface area (TPSA) is 91.6 Å². The summed E-state index contributed by atoms with van der Waals surface area (Å²) in [5.41, 5.74) is 4.99. The molecular weight excluding hydrogens is 340 g/mol. The van der Waals surface area contributed by atoms with Crippen LogP contribution in [0.25, 0.3) is 0 Å². The smallest absolute Gasteiger partial charge is 0.0754 e. The van der Waals surface area contributed by atoms with E-state index in [2.05, 4.69) is 16.6 Å². The minimum atomic E-state index is -1.28. The molecule has 1 N–H and O–H groups in total. The van der Waals surface area contributed by atoms with Crippen molar-refractivity contribution in [2.75, 3.05) is 23.9 Å². The number of hydrogen-bond donors (Lipinski definition) is 1. The van der Waals surface area contributed by atoms with Gasteiger partial charge in [-0.1, -0.05) is 29.8 Å². The first kappa shape index (κ1) is 18.3. The van der Waals surface area contributed by atoms with E-state index in [9.17, 15) is 9.90 Å². The van der Waals surface area contributed by atoms with Crippen LogP contribution in [-0.4, -0.2) is 25.8 Å². The first-order valence-electron chi connectivity index (χ1n) is 7.49. The van der Waals surface area contributed by atoms with Crippen molar-refractivity contribution in [1.29, 1.82) is 5.26 Å². The Kier molecular flexibility index (Phi) is 6.38. The van der Waals surface area contributed by atoms with Crippen molar-refractivity contribution in [3.8, 4) is 6.07 Å². The van der Waals surface area contributed by atoms with Gasteiger partial charge in [0.15, 0.2) is 0 Å². The van der Waals surface area contributed by atoms with E-state index in [4.69, 9.17) is 16.9 Å². The maximum absolute atomic E-state index is 10.9. The Labute approximate surface area is 151 Å². The van der Waals surface area contributed by atoms with E-state index in [1.54, 1.807) is 6.21 Å². The lowest BCUT2D eigenvalue weighted by Crippen LogP contribution is -2.22. The summed E-state index contributed by atoms with van der Waals surface area (Å²) in [7, 11) is 1.92. The van der Waals surface area contributed by atoms with Gasteiger partial charge in [0.2, 0.25) is 0 Å². The minimum absolute atomic E-state index is 0.0202. The molecule has 7 heteroatoms. The largest absolute Gasteiger partial charge is 0.545 e. The summed E-state index contributed by atoms with van der Waals surface area (Å²) in [6, 6.07) is 14.0. The highest BCUT2D eigenvalue weighted by molar-refractivity contribution is 6.33. The Bertz CT molecular complexity index is 813. The molecule has 0 fully saturated rings. The first-order chi connectivity index (χ1) is 12.0. The normalized spacial score (nSPS) is 10.4. The van der Waals surface area contributed by atoms with Gasteiger partial charge >= 0.3 is 0 Å². The molecule has 2 rings (SSSR count). The van der Waals surface area contributed by atoms with Crippen LogP contribution in [-0.2, 0) is 0 Å². The Hall–Kier alpha value is -3.04. The summed E-state index contributed by atoms with van der Waals surface area (Å²) >= 11 is 6.00. The molecule has 0 saturated carbocycles. The van der Waals surface area contributed by atoms with Crippen molar-refractivity contribution in [2.45, 2.75) is 6.42 Å². The number of anilines is 2. The van der Waals surface area contributed by atoms with Gasteiger partial charge in [0.25, 0.3) is 0 Å². The lowest BCUT2D eigenvalue weighted by molar-refractivity contribution is -0.255. The Morgan fingerprint density at radius 2 is 2.08 bits per heavy atom. The van der Waals surface area contributed by atoms with Crippen LogP contribution >= 0.6 is 11.6 Å². The molecule has 0 bridgehead atoms. The van der Waals surface area contributed by atoms with Gasteiger partial charge in [-0.3, -0.25) is 5.43 Å². The van der Waals surface area contributed by atoms with Crippen LogP contribution < -0.4 is 15.4 Å². The monoisotopic (exact) mass is 355 g/mol. The second kappa shape index (κ2) is 8.71. The summed E-state index contributed by atoms with van der Waals surface area (Å²) in [5.74, 6) is -1.28. The number of carboxylic acid groups (broad SMARTS) is 1. The van der Waals surface area contributed by atoms with Gasteiger partial charge in [0.1, 0.15) is 0 Å². The second-order valence-corrected chi connectivity index (χ2v) is 5.68. The van der Waals surface area contributed by atoms with Gasteiger partial charge in [-0.05, 0) is 35.4 Å². The molecule has 0 amide bonds. The van der Waals surface area contributed by atoms with Gasteiger partial charge in [-0.15, -0.1) is 0 Å². The van der Waals surface area contributed by atoms with Gasteiger partial charge in [-0.25, -0.2) is 0 Å². The molecule has 0 aromatic heterocycles. The molecule has 0 unspecified atom stereocenters. The molecule has 2 aromatic carbocycles. The zero-order valence-corrected chi connectivity index (χ0v) is 14.3.